The maximum Gasteiger partial charge on any atom is 0.275 e. The van der Waals surface area contributed by atoms with Gasteiger partial charge in [-0.15, -0.1) is 0 Å². The van der Waals surface area contributed by atoms with Crippen LogP contribution in [0.1, 0.15) is 0 Å². The molecule has 3 rings (SSSR count). The number of aryl methyl sites for hydroxylation is 1. The third kappa shape index (κ3) is 3.31. The molecule has 0 amide bonds. The Morgan fingerprint density at radius 1 is 1.00 bits per heavy atom. The van der Waals surface area contributed by atoms with Gasteiger partial charge in [0, 0.05) is 24.7 Å². The fourth-order valence-electron chi connectivity index (χ4n) is 2.66. The largest absolute Gasteiger partial charge is 0.304 e. The van der Waals surface area contributed by atoms with Gasteiger partial charge in [-0.3, -0.25) is 4.79 Å². The van der Waals surface area contributed by atoms with Gasteiger partial charge >= 0.3 is 0 Å². The van der Waals surface area contributed by atoms with Crippen molar-refractivity contribution >= 4 is 17.4 Å². The van der Waals surface area contributed by atoms with Gasteiger partial charge in [0.1, 0.15) is 0 Å². The summed E-state index contributed by atoms with van der Waals surface area (Å²) < 4.78 is 28.4. The number of hydrogen-bond donors (Lipinski definition) is 2. The van der Waals surface area contributed by atoms with Crippen molar-refractivity contribution in [3.63, 3.8) is 0 Å². The fraction of sp³-hybridized carbons (Fsp3) is 0.111. The number of nitrogens with zero attached hydrogens (tertiary/aromatic N) is 2. The van der Waals surface area contributed by atoms with Crippen molar-refractivity contribution in [2.75, 3.05) is 12.5 Å². The second-order valence-corrected chi connectivity index (χ2v) is 5.97. The second kappa shape index (κ2) is 7.23. The van der Waals surface area contributed by atoms with Gasteiger partial charge in [-0.2, -0.15) is 5.10 Å². The Hall–Kier alpha value is -2.77. The monoisotopic (exact) mass is 376 g/mol. The molecule has 0 radical (unpaired) electrons. The van der Waals surface area contributed by atoms with E-state index < -0.39 is 11.6 Å². The molecule has 8 heteroatoms. The van der Waals surface area contributed by atoms with Gasteiger partial charge in [-0.25, -0.2) is 18.9 Å². The van der Waals surface area contributed by atoms with Crippen molar-refractivity contribution in [1.29, 1.82) is 0 Å². The van der Waals surface area contributed by atoms with Crippen LogP contribution in [0.4, 0.5) is 14.6 Å². The molecular weight excluding hydrogens is 362 g/mol. The first-order valence-corrected chi connectivity index (χ1v) is 8.05. The Kier molecular flexibility index (Phi) is 5.01. The van der Waals surface area contributed by atoms with Crippen LogP contribution in [0.25, 0.3) is 22.3 Å². The minimum Gasteiger partial charge on any atom is -0.304 e. The number of nitrogens with one attached hydrogen (secondary N) is 2. The molecule has 0 bridgehead atoms. The van der Waals surface area contributed by atoms with Crippen LogP contribution < -0.4 is 16.4 Å². The summed E-state index contributed by atoms with van der Waals surface area (Å²) in [5, 5.41) is 4.70. The van der Waals surface area contributed by atoms with Crippen molar-refractivity contribution in [1.82, 2.24) is 15.2 Å². The topological polar surface area (TPSA) is 59.0 Å². The maximum atomic E-state index is 13.8. The molecule has 1 heterocycles. The molecule has 0 unspecified atom stereocenters. The van der Waals surface area contributed by atoms with Gasteiger partial charge < -0.3 is 5.43 Å². The Labute approximate surface area is 153 Å². The van der Waals surface area contributed by atoms with Crippen molar-refractivity contribution in [2.24, 2.45) is 7.05 Å². The van der Waals surface area contributed by atoms with E-state index in [0.717, 1.165) is 12.1 Å². The molecule has 1 aromatic heterocycles. The molecule has 0 aliphatic carbocycles. The molecule has 0 aliphatic rings. The fourth-order valence-corrected chi connectivity index (χ4v) is 2.78. The summed E-state index contributed by atoms with van der Waals surface area (Å²) in [7, 11) is 3.14. The smallest absolute Gasteiger partial charge is 0.275 e. The van der Waals surface area contributed by atoms with E-state index in [1.54, 1.807) is 31.3 Å². The third-order valence-electron chi connectivity index (χ3n) is 3.83. The van der Waals surface area contributed by atoms with E-state index in [2.05, 4.69) is 16.0 Å². The van der Waals surface area contributed by atoms with E-state index >= 15 is 0 Å². The summed E-state index contributed by atoms with van der Waals surface area (Å²) in [5.41, 5.74) is 6.73. The molecule has 0 saturated carbocycles. The van der Waals surface area contributed by atoms with Crippen molar-refractivity contribution < 1.29 is 8.78 Å². The highest BCUT2D eigenvalue weighted by molar-refractivity contribution is 6.30. The lowest BCUT2D eigenvalue weighted by molar-refractivity contribution is 0.509. The average Bonchev–Trinajstić information content (AvgIpc) is 2.61. The molecule has 2 aromatic carbocycles. The molecule has 0 aliphatic heterocycles. The lowest BCUT2D eigenvalue weighted by atomic mass is 9.96. The highest BCUT2D eigenvalue weighted by Gasteiger charge is 2.20. The highest BCUT2D eigenvalue weighted by atomic mass is 35.5. The SMILES string of the molecule is CNNc1nn(C)c(=O)c(-c2ccc(Cl)cc2)c1-c1ccc(F)c(F)c1. The van der Waals surface area contributed by atoms with E-state index in [1.165, 1.54) is 17.8 Å². The standard InChI is InChI=1S/C18H15ClF2N4O/c1-22-23-17-15(11-5-8-13(20)14(21)9-11)16(18(26)25(2)24-17)10-3-6-12(19)7-4-10/h3-9,22H,1-2H3,(H,23,24). The van der Waals surface area contributed by atoms with Crippen LogP contribution in [0, 0.1) is 11.6 Å². The maximum absolute atomic E-state index is 13.8. The number of hydrogen-bond acceptors (Lipinski definition) is 4. The summed E-state index contributed by atoms with van der Waals surface area (Å²) in [6.07, 6.45) is 0. The number of hydrazine groups is 1. The Bertz CT molecular complexity index is 1020. The average molecular weight is 377 g/mol. The second-order valence-electron chi connectivity index (χ2n) is 5.54. The Balaban J connectivity index is 2.38. The van der Waals surface area contributed by atoms with Gasteiger partial charge in [0.2, 0.25) is 0 Å². The van der Waals surface area contributed by atoms with E-state index in [0.29, 0.717) is 33.1 Å². The van der Waals surface area contributed by atoms with Crippen molar-refractivity contribution in [3.05, 3.63) is 69.5 Å². The van der Waals surface area contributed by atoms with Crippen LogP contribution >= 0.6 is 11.6 Å². The normalized spacial score (nSPS) is 10.8. The van der Waals surface area contributed by atoms with Gasteiger partial charge in [0.15, 0.2) is 17.5 Å². The summed E-state index contributed by atoms with van der Waals surface area (Å²) in [6, 6.07) is 10.1. The third-order valence-corrected chi connectivity index (χ3v) is 4.08. The Morgan fingerprint density at radius 3 is 2.27 bits per heavy atom. The molecule has 0 saturated heterocycles. The zero-order valence-electron chi connectivity index (χ0n) is 14.0. The molecule has 2 N–H and O–H groups in total. The lowest BCUT2D eigenvalue weighted by Gasteiger charge is -2.16. The molecule has 134 valence electrons. The van der Waals surface area contributed by atoms with Crippen LogP contribution in [-0.2, 0) is 7.05 Å². The number of aromatic nitrogens is 2. The zero-order chi connectivity index (χ0) is 18.8. The number of anilines is 1. The molecular formula is C18H15ClF2N4O. The summed E-state index contributed by atoms with van der Waals surface area (Å²) in [6.45, 7) is 0. The van der Waals surface area contributed by atoms with E-state index in [4.69, 9.17) is 11.6 Å². The summed E-state index contributed by atoms with van der Waals surface area (Å²) >= 11 is 5.94. The number of halogens is 3. The van der Waals surface area contributed by atoms with Gasteiger partial charge in [0.05, 0.1) is 5.56 Å². The van der Waals surface area contributed by atoms with Crippen LogP contribution in [0.3, 0.4) is 0 Å². The summed E-state index contributed by atoms with van der Waals surface area (Å²) in [5.74, 6) is -1.69. The van der Waals surface area contributed by atoms with Gasteiger partial charge in [-0.05, 0) is 35.4 Å². The first-order chi connectivity index (χ1) is 12.4. The first-order valence-electron chi connectivity index (χ1n) is 7.67. The minimum atomic E-state index is -1.01. The quantitative estimate of drug-likeness (QED) is 0.683. The first kappa shape index (κ1) is 18.0. The van der Waals surface area contributed by atoms with Crippen LogP contribution in [0.15, 0.2) is 47.3 Å². The van der Waals surface area contributed by atoms with E-state index in [1.807, 2.05) is 0 Å². The van der Waals surface area contributed by atoms with E-state index in [9.17, 15) is 13.6 Å². The van der Waals surface area contributed by atoms with Crippen molar-refractivity contribution in [3.8, 4) is 22.3 Å². The number of rotatable bonds is 4. The molecule has 0 atom stereocenters. The molecule has 26 heavy (non-hydrogen) atoms. The van der Waals surface area contributed by atoms with Crippen LogP contribution in [0.2, 0.25) is 5.02 Å². The minimum absolute atomic E-state index is 0.294. The molecule has 0 fully saturated rings. The van der Waals surface area contributed by atoms with Gasteiger partial charge in [0.25, 0.3) is 5.56 Å². The summed E-state index contributed by atoms with van der Waals surface area (Å²) in [4.78, 5) is 12.8. The lowest BCUT2D eigenvalue weighted by Crippen LogP contribution is -2.27. The van der Waals surface area contributed by atoms with Crippen molar-refractivity contribution in [2.45, 2.75) is 0 Å². The molecule has 5 nitrogen and oxygen atoms in total. The highest BCUT2D eigenvalue weighted by Crippen LogP contribution is 2.35. The predicted octanol–water partition coefficient (Wildman–Crippen LogP) is 3.59. The zero-order valence-corrected chi connectivity index (χ0v) is 14.7. The van der Waals surface area contributed by atoms with Crippen LogP contribution in [0.5, 0.6) is 0 Å². The van der Waals surface area contributed by atoms with Gasteiger partial charge in [-0.1, -0.05) is 29.8 Å². The van der Waals surface area contributed by atoms with E-state index in [-0.39, 0.29) is 5.56 Å². The predicted molar refractivity (Wildman–Crippen MR) is 98.0 cm³/mol. The molecule has 3 aromatic rings. The molecule has 0 spiro atoms. The number of benzene rings is 2. The Morgan fingerprint density at radius 2 is 1.65 bits per heavy atom. The van der Waals surface area contributed by atoms with Crippen LogP contribution in [-0.4, -0.2) is 16.8 Å².